The highest BCUT2D eigenvalue weighted by molar-refractivity contribution is 6.14. The van der Waals surface area contributed by atoms with Crippen molar-refractivity contribution in [1.29, 1.82) is 0 Å². The van der Waals surface area contributed by atoms with Gasteiger partial charge in [-0.05, 0) is 62.1 Å². The summed E-state index contributed by atoms with van der Waals surface area (Å²) in [5, 5.41) is 0. The highest BCUT2D eigenvalue weighted by atomic mass is 16.1. The van der Waals surface area contributed by atoms with Crippen LogP contribution >= 0.6 is 0 Å². The van der Waals surface area contributed by atoms with Crippen molar-refractivity contribution in [3.63, 3.8) is 0 Å². The van der Waals surface area contributed by atoms with E-state index in [1.165, 1.54) is 27.2 Å². The molecule has 1 saturated heterocycles. The van der Waals surface area contributed by atoms with Crippen LogP contribution in [-0.4, -0.2) is 25.9 Å². The Kier molecular flexibility index (Phi) is 5.24. The number of benzene rings is 2. The van der Waals surface area contributed by atoms with Crippen LogP contribution in [0, 0.1) is 27.7 Å². The van der Waals surface area contributed by atoms with Crippen molar-refractivity contribution in [2.24, 2.45) is 0 Å². The highest BCUT2D eigenvalue weighted by Crippen LogP contribution is 2.20. The average molecular weight is 346 g/mol. The van der Waals surface area contributed by atoms with Gasteiger partial charge >= 0.3 is 0 Å². The minimum atomic E-state index is 0.190. The zero-order chi connectivity index (χ0) is 18.8. The van der Waals surface area contributed by atoms with E-state index in [9.17, 15) is 4.79 Å². The van der Waals surface area contributed by atoms with Crippen LogP contribution in [0.25, 0.3) is 12.2 Å². The van der Waals surface area contributed by atoms with E-state index in [0.29, 0.717) is 0 Å². The summed E-state index contributed by atoms with van der Waals surface area (Å²) in [6.07, 6.45) is 4.16. The van der Waals surface area contributed by atoms with Gasteiger partial charge in [0.1, 0.15) is 13.1 Å². The lowest BCUT2D eigenvalue weighted by atomic mass is 9.92. The molecule has 0 aliphatic carbocycles. The summed E-state index contributed by atoms with van der Waals surface area (Å²) >= 11 is 0. The molecule has 1 heterocycles. The van der Waals surface area contributed by atoms with Gasteiger partial charge in [-0.3, -0.25) is 4.79 Å². The lowest BCUT2D eigenvalue weighted by Gasteiger charge is -2.23. The van der Waals surface area contributed by atoms with Crippen LogP contribution in [0.2, 0.25) is 0 Å². The third-order valence-corrected chi connectivity index (χ3v) is 5.08. The van der Waals surface area contributed by atoms with Crippen LogP contribution in [-0.2, 0) is 4.79 Å². The van der Waals surface area contributed by atoms with Crippen molar-refractivity contribution in [3.05, 3.63) is 80.9 Å². The summed E-state index contributed by atoms with van der Waals surface area (Å²) in [7, 11) is 2.15. The predicted octanol–water partition coefficient (Wildman–Crippen LogP) is 3.48. The number of hydrogen-bond donors (Lipinski definition) is 1. The van der Waals surface area contributed by atoms with Crippen LogP contribution in [0.1, 0.15) is 33.4 Å². The lowest BCUT2D eigenvalue weighted by molar-refractivity contribution is -0.870. The second-order valence-corrected chi connectivity index (χ2v) is 7.70. The smallest absolute Gasteiger partial charge is 0.196 e. The van der Waals surface area contributed by atoms with Gasteiger partial charge in [-0.2, -0.15) is 0 Å². The zero-order valence-electron chi connectivity index (χ0n) is 16.4. The Balaban J connectivity index is 1.97. The van der Waals surface area contributed by atoms with Crippen molar-refractivity contribution >= 4 is 17.9 Å². The molecule has 0 aromatic heterocycles. The third kappa shape index (κ3) is 4.03. The summed E-state index contributed by atoms with van der Waals surface area (Å²) in [6, 6.07) is 12.8. The van der Waals surface area contributed by atoms with Crippen LogP contribution in [0.4, 0.5) is 0 Å². The SMILES string of the molecule is Cc1ccc(C=C2C[NH+](C)C/C(=C\c3ccc(C)cc3C)C2=O)c(C)c1. The van der Waals surface area contributed by atoms with Crippen molar-refractivity contribution in [2.45, 2.75) is 27.7 Å². The molecule has 0 amide bonds. The Hall–Kier alpha value is -2.45. The molecular weight excluding hydrogens is 318 g/mol. The van der Waals surface area contributed by atoms with Gasteiger partial charge in [-0.1, -0.05) is 47.5 Å². The van der Waals surface area contributed by atoms with Crippen LogP contribution in [0.15, 0.2) is 47.5 Å². The second-order valence-electron chi connectivity index (χ2n) is 7.70. The fraction of sp³-hybridized carbons (Fsp3) is 0.292. The van der Waals surface area contributed by atoms with E-state index >= 15 is 0 Å². The molecule has 0 bridgehead atoms. The summed E-state index contributed by atoms with van der Waals surface area (Å²) in [4.78, 5) is 14.4. The van der Waals surface area contributed by atoms with Gasteiger partial charge < -0.3 is 4.90 Å². The van der Waals surface area contributed by atoms with Crippen molar-refractivity contribution in [1.82, 2.24) is 0 Å². The fourth-order valence-electron chi connectivity index (χ4n) is 3.66. The summed E-state index contributed by atoms with van der Waals surface area (Å²) in [5.74, 6) is 0.190. The molecular formula is C24H28NO+. The van der Waals surface area contributed by atoms with Crippen LogP contribution in [0.5, 0.6) is 0 Å². The van der Waals surface area contributed by atoms with E-state index in [1.54, 1.807) is 0 Å². The molecule has 1 fully saturated rings. The quantitative estimate of drug-likeness (QED) is 0.826. The van der Waals surface area contributed by atoms with E-state index in [0.717, 1.165) is 35.4 Å². The number of nitrogens with one attached hydrogen (secondary N) is 1. The zero-order valence-corrected chi connectivity index (χ0v) is 16.4. The van der Waals surface area contributed by atoms with E-state index in [-0.39, 0.29) is 5.78 Å². The largest absolute Gasteiger partial charge is 0.330 e. The average Bonchev–Trinajstić information content (AvgIpc) is 2.56. The maximum absolute atomic E-state index is 13.1. The van der Waals surface area contributed by atoms with Crippen LogP contribution in [0.3, 0.4) is 0 Å². The van der Waals surface area contributed by atoms with E-state index in [4.69, 9.17) is 0 Å². The first-order valence-corrected chi connectivity index (χ1v) is 9.25. The van der Waals surface area contributed by atoms with Gasteiger partial charge in [-0.15, -0.1) is 0 Å². The first-order chi connectivity index (χ1) is 12.3. The maximum Gasteiger partial charge on any atom is 0.196 e. The second kappa shape index (κ2) is 7.43. The molecule has 2 heteroatoms. The topological polar surface area (TPSA) is 21.5 Å². The third-order valence-electron chi connectivity index (χ3n) is 5.08. The molecule has 3 rings (SSSR count). The van der Waals surface area contributed by atoms with Crippen molar-refractivity contribution < 1.29 is 9.69 Å². The Morgan fingerprint density at radius 1 is 0.769 bits per heavy atom. The Morgan fingerprint density at radius 3 is 1.58 bits per heavy atom. The number of hydrogen-bond acceptors (Lipinski definition) is 1. The highest BCUT2D eigenvalue weighted by Gasteiger charge is 2.27. The monoisotopic (exact) mass is 346 g/mol. The standard InChI is InChI=1S/C24H27NO/c1-16-6-8-20(18(3)10-16)12-22-14-25(5)15-23(24(22)26)13-21-9-7-17(2)11-19(21)4/h6-13H,14-15H2,1-5H3/p+1/b22-12+,23-13?. The van der Waals surface area contributed by atoms with Gasteiger partial charge in [-0.25, -0.2) is 0 Å². The number of Topliss-reactive ketones (excluding diaryl/α,β-unsaturated/α-hetero) is 1. The minimum absolute atomic E-state index is 0.190. The number of rotatable bonds is 2. The molecule has 1 atom stereocenters. The number of quaternary nitrogens is 1. The number of ketones is 1. The van der Waals surface area contributed by atoms with E-state index in [1.807, 2.05) is 0 Å². The molecule has 2 aromatic carbocycles. The fourth-order valence-corrected chi connectivity index (χ4v) is 3.66. The maximum atomic E-state index is 13.1. The molecule has 1 unspecified atom stereocenters. The van der Waals surface area contributed by atoms with Gasteiger partial charge in [0.2, 0.25) is 0 Å². The first kappa shape index (κ1) is 18.3. The molecule has 2 nitrogen and oxygen atoms in total. The van der Waals surface area contributed by atoms with Crippen molar-refractivity contribution in [2.75, 3.05) is 20.1 Å². The Bertz CT molecular complexity index is 844. The van der Waals surface area contributed by atoms with Gasteiger partial charge in [0.25, 0.3) is 0 Å². The van der Waals surface area contributed by atoms with Gasteiger partial charge in [0.05, 0.1) is 18.2 Å². The number of likely N-dealkylation sites (N-methyl/N-ethyl adjacent to an activating group) is 1. The van der Waals surface area contributed by atoms with Crippen molar-refractivity contribution in [3.8, 4) is 0 Å². The molecule has 26 heavy (non-hydrogen) atoms. The summed E-state index contributed by atoms with van der Waals surface area (Å²) in [5.41, 5.74) is 9.00. The molecule has 1 N–H and O–H groups in total. The number of piperidine rings is 1. The Morgan fingerprint density at radius 2 is 1.19 bits per heavy atom. The Labute approximate surface area is 156 Å². The molecule has 0 radical (unpaired) electrons. The first-order valence-electron chi connectivity index (χ1n) is 9.25. The molecule has 0 saturated carbocycles. The predicted molar refractivity (Wildman–Crippen MR) is 109 cm³/mol. The van der Waals surface area contributed by atoms with Crippen LogP contribution < -0.4 is 4.90 Å². The van der Waals surface area contributed by atoms with Gasteiger partial charge in [0.15, 0.2) is 5.78 Å². The summed E-state index contributed by atoms with van der Waals surface area (Å²) < 4.78 is 0. The minimum Gasteiger partial charge on any atom is -0.330 e. The lowest BCUT2D eigenvalue weighted by Crippen LogP contribution is -3.10. The molecule has 1 aliphatic rings. The molecule has 2 aromatic rings. The molecule has 1 aliphatic heterocycles. The summed E-state index contributed by atoms with van der Waals surface area (Å²) in [6.45, 7) is 9.95. The number of likely N-dealkylation sites (tertiary alicyclic amines) is 1. The van der Waals surface area contributed by atoms with E-state index < -0.39 is 0 Å². The normalized spacial score (nSPS) is 20.8. The number of carbonyl (C=O) groups is 1. The molecule has 134 valence electrons. The number of carbonyl (C=O) groups excluding carboxylic acids is 1. The van der Waals surface area contributed by atoms with Gasteiger partial charge in [0, 0.05) is 0 Å². The molecule has 0 spiro atoms. The van der Waals surface area contributed by atoms with E-state index in [2.05, 4.69) is 83.3 Å². The number of aryl methyl sites for hydroxylation is 4.